The summed E-state index contributed by atoms with van der Waals surface area (Å²) in [6.07, 6.45) is 8.99. The lowest BCUT2D eigenvalue weighted by Gasteiger charge is -2.26. The van der Waals surface area contributed by atoms with E-state index in [1.54, 1.807) is 13.4 Å². The molecule has 0 aromatic carbocycles. The number of hydrogen-bond acceptors (Lipinski definition) is 3. The van der Waals surface area contributed by atoms with Gasteiger partial charge in [-0.15, -0.1) is 24.0 Å². The Balaban J connectivity index is 0.00000288. The van der Waals surface area contributed by atoms with Gasteiger partial charge in [0.2, 0.25) is 0 Å². The van der Waals surface area contributed by atoms with Crippen molar-refractivity contribution in [2.24, 2.45) is 4.99 Å². The summed E-state index contributed by atoms with van der Waals surface area (Å²) < 4.78 is 10.8. The lowest BCUT2D eigenvalue weighted by molar-refractivity contribution is 0.0310. The molecule has 2 N–H and O–H groups in total. The van der Waals surface area contributed by atoms with Crippen LogP contribution in [0, 0.1) is 0 Å². The third kappa shape index (κ3) is 7.88. The normalized spacial score (nSPS) is 16.5. The van der Waals surface area contributed by atoms with Gasteiger partial charge >= 0.3 is 0 Å². The summed E-state index contributed by atoms with van der Waals surface area (Å²) in [6.45, 7) is 5.54. The first-order valence-corrected chi connectivity index (χ1v) is 8.71. The van der Waals surface area contributed by atoms with E-state index >= 15 is 0 Å². The zero-order valence-corrected chi connectivity index (χ0v) is 17.5. The molecule has 5 nitrogen and oxygen atoms in total. The highest BCUT2D eigenvalue weighted by molar-refractivity contribution is 14.0. The van der Waals surface area contributed by atoms with Gasteiger partial charge in [0.15, 0.2) is 5.96 Å². The van der Waals surface area contributed by atoms with Crippen LogP contribution in [0.25, 0.3) is 0 Å². The summed E-state index contributed by atoms with van der Waals surface area (Å²) >= 11 is 0. The van der Waals surface area contributed by atoms with Crippen LogP contribution in [0.5, 0.6) is 0 Å². The molecule has 1 aliphatic rings. The predicted octanol–water partition coefficient (Wildman–Crippen LogP) is 3.73. The molecule has 0 unspecified atom stereocenters. The van der Waals surface area contributed by atoms with Crippen LogP contribution >= 0.6 is 24.0 Å². The number of methoxy groups -OCH3 is 1. The maximum absolute atomic E-state index is 5.46. The molecule has 1 aromatic rings. The maximum Gasteiger partial charge on any atom is 0.191 e. The molecule has 1 heterocycles. The highest BCUT2D eigenvalue weighted by Crippen LogP contribution is 2.17. The van der Waals surface area contributed by atoms with Crippen LogP contribution < -0.4 is 10.6 Å². The molecule has 2 rings (SSSR count). The fourth-order valence-corrected chi connectivity index (χ4v) is 2.69. The maximum atomic E-state index is 5.46. The van der Waals surface area contributed by atoms with Gasteiger partial charge in [-0.25, -0.2) is 0 Å². The lowest BCUT2D eigenvalue weighted by Crippen LogP contribution is -2.45. The molecule has 0 radical (unpaired) electrons. The molecule has 6 heteroatoms. The number of hydrogen-bond donors (Lipinski definition) is 2. The molecule has 0 amide bonds. The Labute approximate surface area is 163 Å². The summed E-state index contributed by atoms with van der Waals surface area (Å²) in [4.78, 5) is 4.72. The Morgan fingerprint density at radius 2 is 2.08 bits per heavy atom. The van der Waals surface area contributed by atoms with E-state index < -0.39 is 0 Å². The fourth-order valence-electron chi connectivity index (χ4n) is 2.69. The number of guanidine groups is 1. The average Bonchev–Trinajstić information content (AvgIpc) is 3.07. The van der Waals surface area contributed by atoms with E-state index in [4.69, 9.17) is 14.1 Å². The molecular formula is C18H32IN3O2. The Morgan fingerprint density at radius 3 is 2.71 bits per heavy atom. The highest BCUT2D eigenvalue weighted by atomic mass is 127. The van der Waals surface area contributed by atoms with Crippen LogP contribution in [0.1, 0.15) is 51.7 Å². The van der Waals surface area contributed by atoms with Crippen molar-refractivity contribution in [3.63, 3.8) is 0 Å². The Kier molecular flexibility index (Phi) is 9.73. The minimum absolute atomic E-state index is 0. The molecule has 0 atom stereocenters. The van der Waals surface area contributed by atoms with Gasteiger partial charge in [-0.3, -0.25) is 4.99 Å². The summed E-state index contributed by atoms with van der Waals surface area (Å²) in [5.74, 6) is 1.88. The smallest absolute Gasteiger partial charge is 0.191 e. The standard InChI is InChI=1S/C18H31N3O2.HI/c1-18(2,22-3)14-20-17(21-15-8-5-4-6-9-15)19-12-11-16-10-7-13-23-16;/h7,10,13,15H,4-6,8-9,11-12,14H2,1-3H3,(H2,19,20,21);1H. The molecular weight excluding hydrogens is 417 g/mol. The molecule has 0 bridgehead atoms. The molecule has 0 spiro atoms. The first-order valence-electron chi connectivity index (χ1n) is 8.71. The van der Waals surface area contributed by atoms with E-state index in [-0.39, 0.29) is 29.6 Å². The average molecular weight is 449 g/mol. The van der Waals surface area contributed by atoms with Gasteiger partial charge in [0.25, 0.3) is 0 Å². The van der Waals surface area contributed by atoms with Gasteiger partial charge < -0.3 is 19.8 Å². The van der Waals surface area contributed by atoms with Crippen molar-refractivity contribution in [1.82, 2.24) is 10.6 Å². The van der Waals surface area contributed by atoms with Gasteiger partial charge in [-0.1, -0.05) is 19.3 Å². The van der Waals surface area contributed by atoms with Crippen LogP contribution in [-0.2, 0) is 11.2 Å². The summed E-state index contributed by atoms with van der Waals surface area (Å²) in [7, 11) is 1.73. The molecule has 0 saturated heterocycles. The number of aliphatic imine (C=N–C) groups is 1. The molecule has 24 heavy (non-hydrogen) atoms. The van der Waals surface area contributed by atoms with Gasteiger partial charge in [-0.05, 0) is 38.8 Å². The third-order valence-electron chi connectivity index (χ3n) is 4.36. The van der Waals surface area contributed by atoms with Crippen LogP contribution in [0.4, 0.5) is 0 Å². The summed E-state index contributed by atoms with van der Waals surface area (Å²) in [5.41, 5.74) is -0.248. The number of ether oxygens (including phenoxy) is 1. The van der Waals surface area contributed by atoms with Crippen molar-refractivity contribution < 1.29 is 9.15 Å². The summed E-state index contributed by atoms with van der Waals surface area (Å²) in [6, 6.07) is 4.46. The Bertz CT molecular complexity index is 469. The van der Waals surface area contributed by atoms with Crippen LogP contribution in [0.15, 0.2) is 27.8 Å². The minimum Gasteiger partial charge on any atom is -0.469 e. The topological polar surface area (TPSA) is 58.8 Å². The number of nitrogens with one attached hydrogen (secondary N) is 2. The molecule has 1 aromatic heterocycles. The van der Waals surface area contributed by atoms with Crippen molar-refractivity contribution in [2.75, 3.05) is 20.2 Å². The third-order valence-corrected chi connectivity index (χ3v) is 4.36. The van der Waals surface area contributed by atoms with E-state index in [1.165, 1.54) is 32.1 Å². The first-order chi connectivity index (χ1) is 11.1. The number of rotatable bonds is 7. The second kappa shape index (κ2) is 11.0. The number of halogens is 1. The zero-order chi connectivity index (χ0) is 16.5. The van der Waals surface area contributed by atoms with Crippen molar-refractivity contribution in [3.05, 3.63) is 24.2 Å². The predicted molar refractivity (Wildman–Crippen MR) is 109 cm³/mol. The molecule has 0 aliphatic heterocycles. The SMILES string of the molecule is COC(C)(C)CN=C(NCCc1ccco1)NC1CCCCC1.I. The van der Waals surface area contributed by atoms with E-state index in [9.17, 15) is 0 Å². The second-order valence-corrected chi connectivity index (χ2v) is 6.86. The van der Waals surface area contributed by atoms with Gasteiger partial charge in [0.1, 0.15) is 5.76 Å². The summed E-state index contributed by atoms with van der Waals surface area (Å²) in [5, 5.41) is 7.01. The zero-order valence-electron chi connectivity index (χ0n) is 15.1. The second-order valence-electron chi connectivity index (χ2n) is 6.86. The molecule has 138 valence electrons. The van der Waals surface area contributed by atoms with Gasteiger partial charge in [0.05, 0.1) is 18.4 Å². The van der Waals surface area contributed by atoms with Crippen molar-refractivity contribution in [3.8, 4) is 0 Å². The van der Waals surface area contributed by atoms with E-state index in [2.05, 4.69) is 24.5 Å². The van der Waals surface area contributed by atoms with Crippen molar-refractivity contribution in [2.45, 2.75) is 64.0 Å². The highest BCUT2D eigenvalue weighted by Gasteiger charge is 2.18. The van der Waals surface area contributed by atoms with Gasteiger partial charge in [-0.2, -0.15) is 0 Å². The van der Waals surface area contributed by atoms with Gasteiger partial charge in [0, 0.05) is 26.1 Å². The number of nitrogens with zero attached hydrogens (tertiary/aromatic N) is 1. The van der Waals surface area contributed by atoms with Crippen LogP contribution in [0.3, 0.4) is 0 Å². The van der Waals surface area contributed by atoms with Crippen LogP contribution in [0.2, 0.25) is 0 Å². The lowest BCUT2D eigenvalue weighted by atomic mass is 9.96. The molecule has 1 fully saturated rings. The van der Waals surface area contributed by atoms with Crippen LogP contribution in [-0.4, -0.2) is 37.8 Å². The van der Waals surface area contributed by atoms with E-state index in [0.29, 0.717) is 12.6 Å². The Hall–Kier alpha value is -0.760. The monoisotopic (exact) mass is 449 g/mol. The quantitative estimate of drug-likeness (QED) is 0.379. The van der Waals surface area contributed by atoms with Crippen molar-refractivity contribution >= 4 is 29.9 Å². The first kappa shape index (κ1) is 21.3. The Morgan fingerprint density at radius 1 is 1.33 bits per heavy atom. The minimum atomic E-state index is -0.248. The largest absolute Gasteiger partial charge is 0.469 e. The van der Waals surface area contributed by atoms with E-state index in [0.717, 1.165) is 24.7 Å². The fraction of sp³-hybridized carbons (Fsp3) is 0.722. The van der Waals surface area contributed by atoms with E-state index in [1.807, 2.05) is 12.1 Å². The molecule has 1 aliphatic carbocycles. The molecule has 1 saturated carbocycles. The van der Waals surface area contributed by atoms with Crippen molar-refractivity contribution in [1.29, 1.82) is 0 Å². The number of furan rings is 1.